The number of carbonyl (C=O) groups excluding carboxylic acids is 1. The van der Waals surface area contributed by atoms with E-state index in [0.717, 1.165) is 23.1 Å². The van der Waals surface area contributed by atoms with Gasteiger partial charge in [0.05, 0.1) is 18.4 Å². The number of benzene rings is 1. The molecule has 124 valence electrons. The van der Waals surface area contributed by atoms with Gasteiger partial charge in [-0.1, -0.05) is 11.8 Å². The van der Waals surface area contributed by atoms with Crippen LogP contribution in [0, 0.1) is 22.7 Å². The fourth-order valence-electron chi connectivity index (χ4n) is 1.87. The number of ketones is 1. The highest BCUT2D eigenvalue weighted by atomic mass is 32.2. The van der Waals surface area contributed by atoms with Gasteiger partial charge in [-0.2, -0.15) is 5.26 Å². The molecule has 0 bridgehead atoms. The highest BCUT2D eigenvalue weighted by Gasteiger charge is 2.21. The normalized spacial score (nSPS) is 11.5. The third-order valence-corrected chi connectivity index (χ3v) is 3.88. The van der Waals surface area contributed by atoms with Crippen LogP contribution in [0.5, 0.6) is 5.75 Å². The van der Waals surface area contributed by atoms with Crippen LogP contribution in [0.3, 0.4) is 0 Å². The molecule has 1 N–H and O–H groups in total. The summed E-state index contributed by atoms with van der Waals surface area (Å²) in [5, 5.41) is 24.4. The zero-order valence-electron chi connectivity index (χ0n) is 13.3. The Kier molecular flexibility index (Phi) is 6.09. The van der Waals surface area contributed by atoms with Gasteiger partial charge in [0.15, 0.2) is 5.78 Å². The molecule has 1 atom stereocenters. The summed E-state index contributed by atoms with van der Waals surface area (Å²) < 4.78 is 10.9. The Morgan fingerprint density at radius 3 is 2.71 bits per heavy atom. The lowest BCUT2D eigenvalue weighted by atomic mass is 10.0. The summed E-state index contributed by atoms with van der Waals surface area (Å²) in [5.41, 5.74) is 0.776. The first-order valence-corrected chi connectivity index (χ1v) is 8.20. The Morgan fingerprint density at radius 1 is 1.42 bits per heavy atom. The predicted octanol–water partition coefficient (Wildman–Crippen LogP) is 2.98. The average Bonchev–Trinajstić information content (AvgIpc) is 3.03. The van der Waals surface area contributed by atoms with Crippen molar-refractivity contribution in [1.82, 2.24) is 10.2 Å². The van der Waals surface area contributed by atoms with Gasteiger partial charge >= 0.3 is 0 Å². The number of ether oxygens (including phenoxy) is 1. The van der Waals surface area contributed by atoms with Crippen LogP contribution in [-0.4, -0.2) is 34.1 Å². The van der Waals surface area contributed by atoms with E-state index in [4.69, 9.17) is 19.8 Å². The molecular formula is C16H16N4O3S. The smallest absolute Gasteiger partial charge is 0.277 e. The number of Topliss-reactive ketones (excluding diaryl/α,β-unsaturated/α-hetero) is 1. The number of aromatic nitrogens is 2. The van der Waals surface area contributed by atoms with Gasteiger partial charge in [0, 0.05) is 11.3 Å². The van der Waals surface area contributed by atoms with Crippen molar-refractivity contribution in [3.63, 3.8) is 0 Å². The molecule has 0 spiro atoms. The molecule has 1 aromatic heterocycles. The molecule has 1 aromatic carbocycles. The maximum atomic E-state index is 11.9. The van der Waals surface area contributed by atoms with Crippen LogP contribution in [0.1, 0.15) is 13.8 Å². The van der Waals surface area contributed by atoms with E-state index >= 15 is 0 Å². The predicted molar refractivity (Wildman–Crippen MR) is 89.1 cm³/mol. The highest BCUT2D eigenvalue weighted by molar-refractivity contribution is 7.99. The Balaban J connectivity index is 1.99. The van der Waals surface area contributed by atoms with E-state index in [0.29, 0.717) is 12.5 Å². The zero-order valence-corrected chi connectivity index (χ0v) is 14.1. The third-order valence-electron chi connectivity index (χ3n) is 3.04. The molecule has 7 nitrogen and oxygen atoms in total. The first kappa shape index (κ1) is 17.7. The van der Waals surface area contributed by atoms with Crippen molar-refractivity contribution in [2.24, 2.45) is 5.92 Å². The number of rotatable bonds is 8. The number of hydrogen-bond acceptors (Lipinski definition) is 8. The van der Waals surface area contributed by atoms with E-state index in [1.54, 1.807) is 0 Å². The number of nitrogens with one attached hydrogen (secondary N) is 1. The second kappa shape index (κ2) is 8.26. The minimum absolute atomic E-state index is 0.000637. The lowest BCUT2D eigenvalue weighted by molar-refractivity contribution is -0.117. The molecule has 8 heteroatoms. The molecule has 0 radical (unpaired) electrons. The van der Waals surface area contributed by atoms with Gasteiger partial charge in [0.2, 0.25) is 5.89 Å². The molecule has 0 fully saturated rings. The van der Waals surface area contributed by atoms with Crippen LogP contribution >= 0.6 is 11.8 Å². The summed E-state index contributed by atoms with van der Waals surface area (Å²) in [7, 11) is 0. The number of thioether (sulfide) groups is 1. The Morgan fingerprint density at radius 2 is 2.12 bits per heavy atom. The molecule has 2 rings (SSSR count). The van der Waals surface area contributed by atoms with Crippen molar-refractivity contribution >= 4 is 23.3 Å². The molecule has 0 unspecified atom stereocenters. The van der Waals surface area contributed by atoms with E-state index in [9.17, 15) is 4.79 Å². The van der Waals surface area contributed by atoms with Crippen molar-refractivity contribution in [3.05, 3.63) is 24.3 Å². The maximum absolute atomic E-state index is 11.9. The lowest BCUT2D eigenvalue weighted by Crippen LogP contribution is -2.21. The molecule has 0 aliphatic heterocycles. The fraction of sp³-hybridized carbons (Fsp3) is 0.312. The zero-order chi connectivity index (χ0) is 17.5. The molecule has 0 amide bonds. The third kappa shape index (κ3) is 4.43. The molecule has 0 aliphatic carbocycles. The van der Waals surface area contributed by atoms with Crippen molar-refractivity contribution in [3.8, 4) is 23.3 Å². The lowest BCUT2D eigenvalue weighted by Gasteiger charge is -2.04. The Bertz CT molecular complexity index is 764. The quantitative estimate of drug-likeness (QED) is 0.578. The molecule has 24 heavy (non-hydrogen) atoms. The van der Waals surface area contributed by atoms with Crippen LogP contribution in [0.25, 0.3) is 11.5 Å². The average molecular weight is 344 g/mol. The van der Waals surface area contributed by atoms with E-state index in [-0.39, 0.29) is 22.5 Å². The summed E-state index contributed by atoms with van der Waals surface area (Å²) in [6, 6.07) is 9.05. The molecule has 0 aliphatic rings. The summed E-state index contributed by atoms with van der Waals surface area (Å²) >= 11 is 1.05. The van der Waals surface area contributed by atoms with Crippen LogP contribution in [0.2, 0.25) is 0 Å². The van der Waals surface area contributed by atoms with Crippen LogP contribution in [0.4, 0.5) is 0 Å². The Hall–Kier alpha value is -2.66. The van der Waals surface area contributed by atoms with E-state index in [1.165, 1.54) is 6.92 Å². The fourth-order valence-corrected chi connectivity index (χ4v) is 2.54. The monoisotopic (exact) mass is 344 g/mol. The Labute approximate surface area is 143 Å². The maximum Gasteiger partial charge on any atom is 0.277 e. The highest BCUT2D eigenvalue weighted by Crippen LogP contribution is 2.25. The molecule has 1 heterocycles. The number of hydrogen-bond donors (Lipinski definition) is 1. The molecule has 0 saturated heterocycles. The minimum Gasteiger partial charge on any atom is -0.494 e. The number of carbonyl (C=O) groups is 1. The van der Waals surface area contributed by atoms with Gasteiger partial charge in [-0.3, -0.25) is 4.79 Å². The topological polar surface area (TPSA) is 113 Å². The summed E-state index contributed by atoms with van der Waals surface area (Å²) in [5.74, 6) is -0.278. The van der Waals surface area contributed by atoms with E-state index in [2.05, 4.69) is 10.2 Å². The standard InChI is InChI=1S/C16H16N4O3S/c1-3-22-12-6-4-11(5-7-12)15-19-20-16(23-15)24-9-14(21)13(8-17)10(2)18/h4-7,13,18H,3,9H2,1-2H3/t13-/m0/s1. The summed E-state index contributed by atoms with van der Waals surface area (Å²) in [6.07, 6.45) is 0. The van der Waals surface area contributed by atoms with Crippen molar-refractivity contribution in [2.45, 2.75) is 19.1 Å². The second-order valence-corrected chi connectivity index (χ2v) is 5.76. The minimum atomic E-state index is -1.02. The molecule has 2 aromatic rings. The van der Waals surface area contributed by atoms with Crippen LogP contribution < -0.4 is 4.74 Å². The van der Waals surface area contributed by atoms with E-state index < -0.39 is 5.92 Å². The first-order chi connectivity index (χ1) is 11.5. The van der Waals surface area contributed by atoms with Gasteiger partial charge in [-0.05, 0) is 38.1 Å². The largest absolute Gasteiger partial charge is 0.494 e. The SMILES string of the molecule is CCOc1ccc(-c2nnc(SCC(=O)[C@@H](C#N)C(C)=N)o2)cc1. The van der Waals surface area contributed by atoms with Crippen LogP contribution in [-0.2, 0) is 4.79 Å². The van der Waals surface area contributed by atoms with Gasteiger partial charge in [0.25, 0.3) is 5.22 Å². The summed E-state index contributed by atoms with van der Waals surface area (Å²) in [6.45, 7) is 3.94. The van der Waals surface area contributed by atoms with Crippen molar-refractivity contribution < 1.29 is 13.9 Å². The van der Waals surface area contributed by atoms with E-state index in [1.807, 2.05) is 37.3 Å². The summed E-state index contributed by atoms with van der Waals surface area (Å²) in [4.78, 5) is 11.9. The van der Waals surface area contributed by atoms with Crippen molar-refractivity contribution in [1.29, 1.82) is 10.7 Å². The van der Waals surface area contributed by atoms with Crippen LogP contribution in [0.15, 0.2) is 33.9 Å². The second-order valence-electron chi connectivity index (χ2n) is 4.83. The van der Waals surface area contributed by atoms with Gasteiger partial charge in [0.1, 0.15) is 11.7 Å². The van der Waals surface area contributed by atoms with Gasteiger partial charge < -0.3 is 14.6 Å². The number of nitriles is 1. The molecular weight excluding hydrogens is 328 g/mol. The van der Waals surface area contributed by atoms with Gasteiger partial charge in [-0.15, -0.1) is 10.2 Å². The van der Waals surface area contributed by atoms with Crippen molar-refractivity contribution in [2.75, 3.05) is 12.4 Å². The van der Waals surface area contributed by atoms with Gasteiger partial charge in [-0.25, -0.2) is 0 Å². The molecule has 0 saturated carbocycles. The first-order valence-electron chi connectivity index (χ1n) is 7.22. The number of nitrogens with zero attached hydrogens (tertiary/aromatic N) is 3.